The van der Waals surface area contributed by atoms with Gasteiger partial charge in [-0.2, -0.15) is 0 Å². The van der Waals surface area contributed by atoms with Gasteiger partial charge in [-0.05, 0) is 66.4 Å². The molecule has 4 aromatic rings. The molecular weight excluding hydrogens is 548 g/mol. The number of halogens is 6. The highest BCUT2D eigenvalue weighted by Gasteiger charge is 2.38. The Kier molecular flexibility index (Phi) is 8.60. The Balaban J connectivity index is 1.88. The van der Waals surface area contributed by atoms with E-state index in [1.54, 1.807) is 60.7 Å². The highest BCUT2D eigenvalue weighted by molar-refractivity contribution is 5.94. The van der Waals surface area contributed by atoms with Crippen LogP contribution in [-0.2, 0) is 11.8 Å². The molecule has 0 aliphatic heterocycles. The standard InChI is InChI=1S/C31H25F6NO3/c1-21-8-5-11-23(16-21)28(39)38-20-29(19-22-9-3-2-4-10-22,24-12-6-14-26(17-24)40-30(32,33)34)25-13-7-15-27(18-25)41-31(35,36)37/h2-18H,19-20H2,1H3,(H,38,39). The van der Waals surface area contributed by atoms with Crippen molar-refractivity contribution in [2.45, 2.75) is 31.5 Å². The molecule has 0 atom stereocenters. The van der Waals surface area contributed by atoms with Crippen molar-refractivity contribution < 1.29 is 40.6 Å². The molecule has 214 valence electrons. The summed E-state index contributed by atoms with van der Waals surface area (Å²) in [5.74, 6) is -1.49. The van der Waals surface area contributed by atoms with Crippen molar-refractivity contribution in [3.8, 4) is 11.5 Å². The van der Waals surface area contributed by atoms with Gasteiger partial charge in [0.25, 0.3) is 5.91 Å². The van der Waals surface area contributed by atoms with Gasteiger partial charge in [0.1, 0.15) is 11.5 Å². The Morgan fingerprint density at radius 2 is 1.22 bits per heavy atom. The first-order chi connectivity index (χ1) is 19.3. The van der Waals surface area contributed by atoms with E-state index in [0.717, 1.165) is 23.3 Å². The van der Waals surface area contributed by atoms with Crippen LogP contribution in [-0.4, -0.2) is 25.2 Å². The molecule has 0 unspecified atom stereocenters. The highest BCUT2D eigenvalue weighted by atomic mass is 19.4. The van der Waals surface area contributed by atoms with Crippen molar-refractivity contribution in [1.82, 2.24) is 5.32 Å². The molecule has 10 heteroatoms. The minimum atomic E-state index is -4.97. The van der Waals surface area contributed by atoms with E-state index in [-0.39, 0.29) is 24.1 Å². The predicted molar refractivity (Wildman–Crippen MR) is 141 cm³/mol. The average molecular weight is 574 g/mol. The van der Waals surface area contributed by atoms with E-state index in [2.05, 4.69) is 14.8 Å². The van der Waals surface area contributed by atoms with Gasteiger partial charge in [0.05, 0.1) is 0 Å². The van der Waals surface area contributed by atoms with E-state index in [1.807, 2.05) is 13.0 Å². The lowest BCUT2D eigenvalue weighted by Gasteiger charge is -2.36. The first-order valence-electron chi connectivity index (χ1n) is 12.4. The van der Waals surface area contributed by atoms with Crippen LogP contribution in [0, 0.1) is 6.92 Å². The van der Waals surface area contributed by atoms with Gasteiger partial charge >= 0.3 is 12.7 Å². The van der Waals surface area contributed by atoms with Crippen molar-refractivity contribution in [1.29, 1.82) is 0 Å². The number of alkyl halides is 6. The van der Waals surface area contributed by atoms with Crippen LogP contribution in [0.1, 0.15) is 32.6 Å². The monoisotopic (exact) mass is 573 g/mol. The van der Waals surface area contributed by atoms with E-state index in [9.17, 15) is 31.1 Å². The third-order valence-corrected chi connectivity index (χ3v) is 6.42. The molecule has 0 saturated carbocycles. The van der Waals surface area contributed by atoms with E-state index < -0.39 is 35.5 Å². The number of aryl methyl sites for hydroxylation is 1. The zero-order valence-corrected chi connectivity index (χ0v) is 21.7. The fourth-order valence-corrected chi connectivity index (χ4v) is 4.68. The van der Waals surface area contributed by atoms with Crippen LogP contribution in [0.3, 0.4) is 0 Å². The summed E-state index contributed by atoms with van der Waals surface area (Å²) in [5, 5.41) is 2.85. The van der Waals surface area contributed by atoms with Gasteiger partial charge in [-0.25, -0.2) is 0 Å². The summed E-state index contributed by atoms with van der Waals surface area (Å²) in [6, 6.07) is 26.1. The molecule has 4 aromatic carbocycles. The van der Waals surface area contributed by atoms with Gasteiger partial charge in [-0.15, -0.1) is 26.3 Å². The smallest absolute Gasteiger partial charge is 0.406 e. The summed E-state index contributed by atoms with van der Waals surface area (Å²) >= 11 is 0. The first kappa shape index (κ1) is 29.5. The first-order valence-corrected chi connectivity index (χ1v) is 12.4. The lowest BCUT2D eigenvalue weighted by Crippen LogP contribution is -2.43. The molecule has 0 bridgehead atoms. The van der Waals surface area contributed by atoms with Crippen LogP contribution in [0.2, 0.25) is 0 Å². The normalized spacial score (nSPS) is 12.1. The second kappa shape index (κ2) is 12.0. The highest BCUT2D eigenvalue weighted by Crippen LogP contribution is 2.40. The van der Waals surface area contributed by atoms with Crippen LogP contribution in [0.5, 0.6) is 11.5 Å². The predicted octanol–water partition coefficient (Wildman–Crippen LogP) is 7.75. The van der Waals surface area contributed by atoms with Crippen molar-refractivity contribution in [2.24, 2.45) is 0 Å². The molecule has 0 spiro atoms. The van der Waals surface area contributed by atoms with Gasteiger partial charge in [0, 0.05) is 17.5 Å². The number of carbonyl (C=O) groups is 1. The van der Waals surface area contributed by atoms with Crippen molar-refractivity contribution in [2.75, 3.05) is 6.54 Å². The molecule has 0 saturated heterocycles. The molecule has 0 aliphatic carbocycles. The number of carbonyl (C=O) groups excluding carboxylic acids is 1. The summed E-state index contributed by atoms with van der Waals surface area (Å²) < 4.78 is 87.1. The van der Waals surface area contributed by atoms with E-state index in [1.165, 1.54) is 24.3 Å². The number of hydrogen-bond acceptors (Lipinski definition) is 3. The summed E-state index contributed by atoms with van der Waals surface area (Å²) in [6.07, 6.45) is -9.84. The van der Waals surface area contributed by atoms with E-state index in [4.69, 9.17) is 0 Å². The molecule has 0 aromatic heterocycles. The van der Waals surface area contributed by atoms with E-state index in [0.29, 0.717) is 5.56 Å². The molecule has 0 aliphatic rings. The zero-order chi connectivity index (χ0) is 29.7. The maximum absolute atomic E-state index is 13.2. The number of benzene rings is 4. The molecule has 41 heavy (non-hydrogen) atoms. The second-order valence-corrected chi connectivity index (χ2v) is 9.45. The molecule has 4 rings (SSSR count). The van der Waals surface area contributed by atoms with Crippen molar-refractivity contribution in [3.05, 3.63) is 131 Å². The molecule has 0 fully saturated rings. The van der Waals surface area contributed by atoms with Crippen molar-refractivity contribution in [3.63, 3.8) is 0 Å². The largest absolute Gasteiger partial charge is 0.573 e. The Hall–Kier alpha value is -4.47. The number of nitrogens with one attached hydrogen (secondary N) is 1. The Bertz CT molecular complexity index is 1430. The summed E-state index contributed by atoms with van der Waals surface area (Å²) in [6.45, 7) is 1.63. The third kappa shape index (κ3) is 8.03. The van der Waals surface area contributed by atoms with Crippen molar-refractivity contribution >= 4 is 5.91 Å². The molecule has 1 N–H and O–H groups in total. The fraction of sp³-hybridized carbons (Fsp3) is 0.194. The van der Waals surface area contributed by atoms with Crippen LogP contribution < -0.4 is 14.8 Å². The minimum Gasteiger partial charge on any atom is -0.406 e. The summed E-state index contributed by atoms with van der Waals surface area (Å²) in [5.41, 5.74) is 1.11. The van der Waals surface area contributed by atoms with Gasteiger partial charge < -0.3 is 14.8 Å². The lowest BCUT2D eigenvalue weighted by atomic mass is 9.70. The van der Waals surface area contributed by atoms with Crippen LogP contribution in [0.15, 0.2) is 103 Å². The Morgan fingerprint density at radius 1 is 0.683 bits per heavy atom. The molecule has 1 amide bonds. The number of amides is 1. The molecule has 4 nitrogen and oxygen atoms in total. The van der Waals surface area contributed by atoms with Crippen LogP contribution in [0.25, 0.3) is 0 Å². The fourth-order valence-electron chi connectivity index (χ4n) is 4.68. The van der Waals surface area contributed by atoms with Gasteiger partial charge in [0.15, 0.2) is 0 Å². The minimum absolute atomic E-state index is 0.104. The quantitative estimate of drug-likeness (QED) is 0.208. The van der Waals surface area contributed by atoms with Crippen LogP contribution in [0.4, 0.5) is 26.3 Å². The van der Waals surface area contributed by atoms with Gasteiger partial charge in [-0.3, -0.25) is 4.79 Å². The summed E-state index contributed by atoms with van der Waals surface area (Å²) in [7, 11) is 0. The second-order valence-electron chi connectivity index (χ2n) is 9.45. The molecule has 0 heterocycles. The SMILES string of the molecule is Cc1cccc(C(=O)NCC(Cc2ccccc2)(c2cccc(OC(F)(F)F)c2)c2cccc(OC(F)(F)F)c2)c1. The third-order valence-electron chi connectivity index (χ3n) is 6.42. The van der Waals surface area contributed by atoms with Crippen LogP contribution >= 0.6 is 0 Å². The van der Waals surface area contributed by atoms with E-state index >= 15 is 0 Å². The number of hydrogen-bond donors (Lipinski definition) is 1. The molecular formula is C31H25F6NO3. The van der Waals surface area contributed by atoms with Gasteiger partial charge in [0.2, 0.25) is 0 Å². The maximum Gasteiger partial charge on any atom is 0.573 e. The Labute approximate surface area is 232 Å². The lowest BCUT2D eigenvalue weighted by molar-refractivity contribution is -0.275. The number of rotatable bonds is 9. The Morgan fingerprint density at radius 3 is 1.73 bits per heavy atom. The average Bonchev–Trinajstić information content (AvgIpc) is 2.90. The summed E-state index contributed by atoms with van der Waals surface area (Å²) in [4.78, 5) is 13.2. The zero-order valence-electron chi connectivity index (χ0n) is 21.7. The van der Waals surface area contributed by atoms with Gasteiger partial charge in [-0.1, -0.05) is 72.3 Å². The maximum atomic E-state index is 13.2. The molecule has 0 radical (unpaired) electrons. The topological polar surface area (TPSA) is 47.6 Å². The number of ether oxygens (including phenoxy) is 2.